The SMILES string of the molecule is CC(C)(C)CCN1CCN(CCC(C)(C)O)CC1. The summed E-state index contributed by atoms with van der Waals surface area (Å²) in [5.74, 6) is 0. The molecule has 0 aromatic rings. The average Bonchev–Trinajstić information content (AvgIpc) is 2.23. The van der Waals surface area contributed by atoms with E-state index in [2.05, 4.69) is 30.6 Å². The maximum absolute atomic E-state index is 9.74. The Balaban J connectivity index is 2.17. The van der Waals surface area contributed by atoms with Crippen molar-refractivity contribution >= 4 is 0 Å². The Hall–Kier alpha value is -0.120. The Kier molecular flexibility index (Phi) is 5.63. The van der Waals surface area contributed by atoms with Gasteiger partial charge in [0.2, 0.25) is 0 Å². The van der Waals surface area contributed by atoms with Crippen molar-refractivity contribution in [3.05, 3.63) is 0 Å². The third-order valence-corrected chi connectivity index (χ3v) is 3.68. The highest BCUT2D eigenvalue weighted by molar-refractivity contribution is 4.76. The van der Waals surface area contributed by atoms with Crippen LogP contribution >= 0.6 is 0 Å². The Bertz CT molecular complexity index is 206. The molecule has 0 aliphatic carbocycles. The molecule has 0 amide bonds. The summed E-state index contributed by atoms with van der Waals surface area (Å²) in [6.07, 6.45) is 2.14. The minimum atomic E-state index is -0.524. The van der Waals surface area contributed by atoms with Crippen LogP contribution in [-0.2, 0) is 0 Å². The maximum atomic E-state index is 9.74. The number of hydrogen-bond acceptors (Lipinski definition) is 3. The number of piperazine rings is 1. The molecule has 1 saturated heterocycles. The maximum Gasteiger partial charge on any atom is 0.0603 e. The average molecular weight is 256 g/mol. The molecule has 1 fully saturated rings. The van der Waals surface area contributed by atoms with Crippen molar-refractivity contribution in [1.29, 1.82) is 0 Å². The van der Waals surface area contributed by atoms with E-state index in [0.717, 1.165) is 26.1 Å². The molecule has 0 aromatic carbocycles. The summed E-state index contributed by atoms with van der Waals surface area (Å²) in [5, 5.41) is 9.74. The van der Waals surface area contributed by atoms with E-state index < -0.39 is 5.60 Å². The summed E-state index contributed by atoms with van der Waals surface area (Å²) in [4.78, 5) is 5.05. The third kappa shape index (κ3) is 7.34. The van der Waals surface area contributed by atoms with Gasteiger partial charge >= 0.3 is 0 Å². The van der Waals surface area contributed by atoms with E-state index in [4.69, 9.17) is 0 Å². The molecule has 0 spiro atoms. The van der Waals surface area contributed by atoms with Crippen molar-refractivity contribution in [3.8, 4) is 0 Å². The van der Waals surface area contributed by atoms with Gasteiger partial charge in [-0.1, -0.05) is 20.8 Å². The molecule has 108 valence electrons. The first-order valence-corrected chi connectivity index (χ1v) is 7.33. The first-order valence-electron chi connectivity index (χ1n) is 7.33. The fraction of sp³-hybridized carbons (Fsp3) is 1.00. The van der Waals surface area contributed by atoms with E-state index in [9.17, 15) is 5.11 Å². The lowest BCUT2D eigenvalue weighted by atomic mass is 9.92. The van der Waals surface area contributed by atoms with Crippen molar-refractivity contribution in [3.63, 3.8) is 0 Å². The highest BCUT2D eigenvalue weighted by atomic mass is 16.3. The van der Waals surface area contributed by atoms with Gasteiger partial charge in [0.1, 0.15) is 0 Å². The smallest absolute Gasteiger partial charge is 0.0603 e. The molecule has 0 radical (unpaired) electrons. The molecular formula is C15H32N2O. The summed E-state index contributed by atoms with van der Waals surface area (Å²) in [6.45, 7) is 17.6. The molecule has 0 unspecified atom stereocenters. The second kappa shape index (κ2) is 6.36. The fourth-order valence-corrected chi connectivity index (χ4v) is 2.16. The van der Waals surface area contributed by atoms with Crippen LogP contribution in [0.4, 0.5) is 0 Å². The number of nitrogens with zero attached hydrogens (tertiary/aromatic N) is 2. The van der Waals surface area contributed by atoms with Crippen molar-refractivity contribution in [2.75, 3.05) is 39.3 Å². The van der Waals surface area contributed by atoms with Crippen molar-refractivity contribution in [2.24, 2.45) is 5.41 Å². The van der Waals surface area contributed by atoms with E-state index >= 15 is 0 Å². The van der Waals surface area contributed by atoms with Crippen LogP contribution in [0.3, 0.4) is 0 Å². The molecule has 1 aliphatic heterocycles. The summed E-state index contributed by atoms with van der Waals surface area (Å²) < 4.78 is 0. The zero-order valence-corrected chi connectivity index (χ0v) is 13.0. The van der Waals surface area contributed by atoms with Crippen molar-refractivity contribution in [2.45, 2.75) is 53.1 Å². The van der Waals surface area contributed by atoms with Crippen LogP contribution in [0.25, 0.3) is 0 Å². The third-order valence-electron chi connectivity index (χ3n) is 3.68. The Morgan fingerprint density at radius 1 is 0.778 bits per heavy atom. The van der Waals surface area contributed by atoms with Crippen LogP contribution in [0.5, 0.6) is 0 Å². The molecule has 1 N–H and O–H groups in total. The predicted molar refractivity (Wildman–Crippen MR) is 77.9 cm³/mol. The largest absolute Gasteiger partial charge is 0.390 e. The van der Waals surface area contributed by atoms with Crippen LogP contribution in [0, 0.1) is 5.41 Å². The van der Waals surface area contributed by atoms with Gasteiger partial charge in [0, 0.05) is 32.7 Å². The van der Waals surface area contributed by atoms with Crippen molar-refractivity contribution in [1.82, 2.24) is 9.80 Å². The van der Waals surface area contributed by atoms with E-state index in [1.54, 1.807) is 0 Å². The summed E-state index contributed by atoms with van der Waals surface area (Å²) in [6, 6.07) is 0. The first-order chi connectivity index (χ1) is 8.16. The van der Waals surface area contributed by atoms with Crippen LogP contribution in [-0.4, -0.2) is 59.8 Å². The van der Waals surface area contributed by atoms with Gasteiger partial charge in [-0.2, -0.15) is 0 Å². The fourth-order valence-electron chi connectivity index (χ4n) is 2.16. The standard InChI is InChI=1S/C15H32N2O/c1-14(2,3)6-8-16-10-12-17(13-11-16)9-7-15(4,5)18/h18H,6-13H2,1-5H3. The lowest BCUT2D eigenvalue weighted by Gasteiger charge is -2.36. The number of hydrogen-bond donors (Lipinski definition) is 1. The van der Waals surface area contributed by atoms with Gasteiger partial charge in [-0.05, 0) is 38.6 Å². The zero-order chi connectivity index (χ0) is 13.8. The molecule has 0 aromatic heterocycles. The zero-order valence-electron chi connectivity index (χ0n) is 13.0. The van der Waals surface area contributed by atoms with Gasteiger partial charge in [0.05, 0.1) is 5.60 Å². The van der Waals surface area contributed by atoms with E-state index in [-0.39, 0.29) is 0 Å². The predicted octanol–water partition coefficient (Wildman–Crippen LogP) is 2.20. The van der Waals surface area contributed by atoms with Crippen LogP contribution in [0.2, 0.25) is 0 Å². The Morgan fingerprint density at radius 2 is 1.17 bits per heavy atom. The summed E-state index contributed by atoms with van der Waals surface area (Å²) in [7, 11) is 0. The van der Waals surface area contributed by atoms with Gasteiger partial charge in [0.15, 0.2) is 0 Å². The lowest BCUT2D eigenvalue weighted by molar-refractivity contribution is 0.0464. The Labute approximate surface area is 113 Å². The molecular weight excluding hydrogens is 224 g/mol. The minimum Gasteiger partial charge on any atom is -0.390 e. The van der Waals surface area contributed by atoms with Crippen LogP contribution in [0.1, 0.15) is 47.5 Å². The van der Waals surface area contributed by atoms with Crippen molar-refractivity contribution < 1.29 is 5.11 Å². The van der Waals surface area contributed by atoms with Crippen LogP contribution < -0.4 is 0 Å². The molecule has 1 heterocycles. The lowest BCUT2D eigenvalue weighted by Crippen LogP contribution is -2.48. The monoisotopic (exact) mass is 256 g/mol. The molecule has 0 bridgehead atoms. The Morgan fingerprint density at radius 3 is 1.50 bits per heavy atom. The van der Waals surface area contributed by atoms with Gasteiger partial charge in [0.25, 0.3) is 0 Å². The van der Waals surface area contributed by atoms with E-state index in [0.29, 0.717) is 5.41 Å². The number of aliphatic hydroxyl groups is 1. The van der Waals surface area contributed by atoms with Gasteiger partial charge in [-0.25, -0.2) is 0 Å². The quantitative estimate of drug-likeness (QED) is 0.817. The molecule has 1 rings (SSSR count). The van der Waals surface area contributed by atoms with Gasteiger partial charge in [-0.15, -0.1) is 0 Å². The second-order valence-corrected chi connectivity index (χ2v) is 7.56. The highest BCUT2D eigenvalue weighted by Gasteiger charge is 2.20. The molecule has 0 atom stereocenters. The molecule has 3 nitrogen and oxygen atoms in total. The van der Waals surface area contributed by atoms with E-state index in [1.807, 2.05) is 13.8 Å². The number of rotatable bonds is 5. The highest BCUT2D eigenvalue weighted by Crippen LogP contribution is 2.19. The molecule has 3 heteroatoms. The van der Waals surface area contributed by atoms with E-state index in [1.165, 1.54) is 26.1 Å². The normalized spacial score (nSPS) is 20.3. The van der Waals surface area contributed by atoms with Gasteiger partial charge < -0.3 is 14.9 Å². The summed E-state index contributed by atoms with van der Waals surface area (Å²) >= 11 is 0. The molecule has 18 heavy (non-hydrogen) atoms. The topological polar surface area (TPSA) is 26.7 Å². The molecule has 0 saturated carbocycles. The second-order valence-electron chi connectivity index (χ2n) is 7.56. The molecule has 1 aliphatic rings. The van der Waals surface area contributed by atoms with Gasteiger partial charge in [-0.3, -0.25) is 0 Å². The van der Waals surface area contributed by atoms with Crippen LogP contribution in [0.15, 0.2) is 0 Å². The first kappa shape index (κ1) is 15.9. The summed E-state index contributed by atoms with van der Waals surface area (Å²) in [5.41, 5.74) is -0.0819. The minimum absolute atomic E-state index is 0.443.